The van der Waals surface area contributed by atoms with E-state index in [0.717, 1.165) is 16.8 Å². The summed E-state index contributed by atoms with van der Waals surface area (Å²) in [6.45, 7) is 4.29. The zero-order valence-corrected chi connectivity index (χ0v) is 12.2. The normalized spacial score (nSPS) is 10.8. The van der Waals surface area contributed by atoms with Crippen molar-refractivity contribution in [3.63, 3.8) is 0 Å². The number of carboxylic acids is 1. The summed E-state index contributed by atoms with van der Waals surface area (Å²) in [4.78, 5) is 15.2. The molecule has 0 atom stereocenters. The number of rotatable bonds is 6. The number of aromatic nitrogens is 2. The Kier molecular flexibility index (Phi) is 4.49. The van der Waals surface area contributed by atoms with Gasteiger partial charge in [0, 0.05) is 12.5 Å². The number of fused-ring (bicyclic) bond motifs is 1. The number of imidazole rings is 1. The molecule has 0 saturated heterocycles. The second-order valence-corrected chi connectivity index (χ2v) is 5.03. The highest BCUT2D eigenvalue weighted by atomic mass is 16.5. The molecule has 0 spiro atoms. The summed E-state index contributed by atoms with van der Waals surface area (Å²) < 4.78 is 7.52. The van der Waals surface area contributed by atoms with Crippen LogP contribution in [0, 0.1) is 12.3 Å². The highest BCUT2D eigenvalue weighted by Gasteiger charge is 2.12. The van der Waals surface area contributed by atoms with Gasteiger partial charge in [-0.2, -0.15) is 0 Å². The molecule has 0 aliphatic carbocycles. The molecule has 0 fully saturated rings. The minimum absolute atomic E-state index is 0.0310. The van der Waals surface area contributed by atoms with Gasteiger partial charge in [0.1, 0.15) is 11.6 Å². The molecule has 1 N–H and O–H groups in total. The number of benzene rings is 1. The van der Waals surface area contributed by atoms with Crippen molar-refractivity contribution in [2.45, 2.75) is 39.3 Å². The Morgan fingerprint density at radius 2 is 2.29 bits per heavy atom. The van der Waals surface area contributed by atoms with Gasteiger partial charge in [-0.15, -0.1) is 6.42 Å². The van der Waals surface area contributed by atoms with Crippen LogP contribution in [0.5, 0.6) is 5.75 Å². The molecule has 1 aromatic carbocycles. The van der Waals surface area contributed by atoms with Crippen LogP contribution in [0.15, 0.2) is 18.2 Å². The summed E-state index contributed by atoms with van der Waals surface area (Å²) in [6, 6.07) is 5.63. The fourth-order valence-corrected chi connectivity index (χ4v) is 2.18. The Morgan fingerprint density at radius 3 is 2.90 bits per heavy atom. The van der Waals surface area contributed by atoms with Crippen molar-refractivity contribution in [3.05, 3.63) is 24.0 Å². The average molecular weight is 286 g/mol. The van der Waals surface area contributed by atoms with Crippen LogP contribution >= 0.6 is 0 Å². The van der Waals surface area contributed by atoms with Crippen LogP contribution in [-0.4, -0.2) is 26.7 Å². The van der Waals surface area contributed by atoms with Crippen molar-refractivity contribution in [3.8, 4) is 18.1 Å². The molecule has 110 valence electrons. The number of hydrogen-bond donors (Lipinski definition) is 1. The van der Waals surface area contributed by atoms with Gasteiger partial charge in [0.15, 0.2) is 0 Å². The molecular weight excluding hydrogens is 268 g/mol. The highest BCUT2D eigenvalue weighted by molar-refractivity contribution is 5.78. The first-order valence-corrected chi connectivity index (χ1v) is 6.82. The maximum absolute atomic E-state index is 10.7. The van der Waals surface area contributed by atoms with E-state index in [1.807, 2.05) is 36.6 Å². The summed E-state index contributed by atoms with van der Waals surface area (Å²) in [5.41, 5.74) is 1.66. The Bertz CT molecular complexity index is 695. The Balaban J connectivity index is 2.40. The molecule has 21 heavy (non-hydrogen) atoms. The van der Waals surface area contributed by atoms with Crippen molar-refractivity contribution in [1.82, 2.24) is 9.55 Å². The molecule has 1 heterocycles. The van der Waals surface area contributed by atoms with E-state index in [2.05, 4.69) is 10.9 Å². The molecule has 0 aliphatic heterocycles. The molecule has 5 heteroatoms. The molecule has 0 radical (unpaired) electrons. The minimum atomic E-state index is -0.849. The molecule has 2 rings (SSSR count). The van der Waals surface area contributed by atoms with Crippen LogP contribution in [0.4, 0.5) is 0 Å². The van der Waals surface area contributed by atoms with Gasteiger partial charge in [-0.05, 0) is 26.0 Å². The third-order valence-corrected chi connectivity index (χ3v) is 2.98. The number of aryl methyl sites for hydroxylation is 1. The zero-order valence-electron chi connectivity index (χ0n) is 12.2. The maximum atomic E-state index is 10.7. The summed E-state index contributed by atoms with van der Waals surface area (Å²) >= 11 is 0. The van der Waals surface area contributed by atoms with Crippen molar-refractivity contribution < 1.29 is 14.6 Å². The Hall–Kier alpha value is -2.48. The van der Waals surface area contributed by atoms with Gasteiger partial charge >= 0.3 is 5.97 Å². The lowest BCUT2D eigenvalue weighted by Gasteiger charge is -2.09. The Labute approximate surface area is 123 Å². The van der Waals surface area contributed by atoms with E-state index in [4.69, 9.17) is 16.3 Å². The van der Waals surface area contributed by atoms with Crippen molar-refractivity contribution in [2.75, 3.05) is 0 Å². The van der Waals surface area contributed by atoms with Crippen LogP contribution < -0.4 is 4.74 Å². The predicted molar refractivity (Wildman–Crippen MR) is 80.3 cm³/mol. The molecule has 0 bridgehead atoms. The second-order valence-electron chi connectivity index (χ2n) is 5.03. The van der Waals surface area contributed by atoms with Crippen LogP contribution in [0.1, 0.15) is 26.1 Å². The van der Waals surface area contributed by atoms with Gasteiger partial charge in [0.25, 0.3) is 0 Å². The quantitative estimate of drug-likeness (QED) is 0.829. The summed E-state index contributed by atoms with van der Waals surface area (Å²) in [5, 5.41) is 8.82. The number of nitrogens with zero attached hydrogens (tertiary/aromatic N) is 2. The Morgan fingerprint density at radius 1 is 1.52 bits per heavy atom. The third-order valence-electron chi connectivity index (χ3n) is 2.98. The monoisotopic (exact) mass is 286 g/mol. The third kappa shape index (κ3) is 3.54. The van der Waals surface area contributed by atoms with Crippen LogP contribution in [-0.2, 0) is 17.8 Å². The van der Waals surface area contributed by atoms with E-state index >= 15 is 0 Å². The number of carbonyl (C=O) groups is 1. The van der Waals surface area contributed by atoms with Crippen LogP contribution in [0.25, 0.3) is 11.0 Å². The summed E-state index contributed by atoms with van der Waals surface area (Å²) in [5.74, 6) is 3.16. The molecule has 2 aromatic rings. The minimum Gasteiger partial charge on any atom is -0.491 e. The molecule has 0 saturated carbocycles. The maximum Gasteiger partial charge on any atom is 0.303 e. The van der Waals surface area contributed by atoms with E-state index in [-0.39, 0.29) is 12.5 Å². The number of aliphatic carboxylic acids is 1. The second kappa shape index (κ2) is 6.31. The number of carboxylic acid groups (broad SMARTS) is 1. The molecule has 0 aliphatic rings. The molecule has 0 amide bonds. The number of hydrogen-bond acceptors (Lipinski definition) is 3. The first-order chi connectivity index (χ1) is 10.0. The first kappa shape index (κ1) is 14.9. The van der Waals surface area contributed by atoms with E-state index in [1.165, 1.54) is 0 Å². The summed E-state index contributed by atoms with van der Waals surface area (Å²) in [6.07, 6.45) is 5.86. The molecular formula is C16H18N2O3. The topological polar surface area (TPSA) is 64.4 Å². The molecule has 1 aromatic heterocycles. The van der Waals surface area contributed by atoms with Gasteiger partial charge in [-0.25, -0.2) is 4.98 Å². The SMILES string of the molecule is C#CCn1c(CCC(=O)O)nc2cc(OC(C)C)ccc21. The fourth-order valence-electron chi connectivity index (χ4n) is 2.18. The largest absolute Gasteiger partial charge is 0.491 e. The fraction of sp³-hybridized carbons (Fsp3) is 0.375. The van der Waals surface area contributed by atoms with Crippen LogP contribution in [0.2, 0.25) is 0 Å². The van der Waals surface area contributed by atoms with Crippen molar-refractivity contribution in [1.29, 1.82) is 0 Å². The number of ether oxygens (including phenoxy) is 1. The molecule has 0 unspecified atom stereocenters. The van der Waals surface area contributed by atoms with E-state index in [1.54, 1.807) is 0 Å². The lowest BCUT2D eigenvalue weighted by molar-refractivity contribution is -0.137. The first-order valence-electron chi connectivity index (χ1n) is 6.82. The zero-order chi connectivity index (χ0) is 15.4. The van der Waals surface area contributed by atoms with Crippen LogP contribution in [0.3, 0.4) is 0 Å². The van der Waals surface area contributed by atoms with Gasteiger partial charge in [-0.3, -0.25) is 4.79 Å². The van der Waals surface area contributed by atoms with E-state index < -0.39 is 5.97 Å². The van der Waals surface area contributed by atoms with Gasteiger partial charge in [0.05, 0.1) is 30.1 Å². The van der Waals surface area contributed by atoms with Crippen molar-refractivity contribution >= 4 is 17.0 Å². The lowest BCUT2D eigenvalue weighted by atomic mass is 10.3. The van der Waals surface area contributed by atoms with Gasteiger partial charge < -0.3 is 14.4 Å². The van der Waals surface area contributed by atoms with Gasteiger partial charge in [-0.1, -0.05) is 5.92 Å². The summed E-state index contributed by atoms with van der Waals surface area (Å²) in [7, 11) is 0. The smallest absolute Gasteiger partial charge is 0.303 e. The van der Waals surface area contributed by atoms with Gasteiger partial charge in [0.2, 0.25) is 0 Å². The highest BCUT2D eigenvalue weighted by Crippen LogP contribution is 2.23. The predicted octanol–water partition coefficient (Wildman–Crippen LogP) is 2.47. The number of terminal acetylenes is 1. The van der Waals surface area contributed by atoms with Crippen molar-refractivity contribution in [2.24, 2.45) is 0 Å². The lowest BCUT2D eigenvalue weighted by Crippen LogP contribution is -2.06. The van der Waals surface area contributed by atoms with E-state index in [0.29, 0.717) is 18.8 Å². The molecule has 5 nitrogen and oxygen atoms in total. The standard InChI is InChI=1S/C16H18N2O3/c1-4-9-18-14-6-5-12(21-11(2)3)10-13(14)17-15(18)7-8-16(19)20/h1,5-6,10-11H,7-9H2,2-3H3,(H,19,20). The van der Waals surface area contributed by atoms with E-state index in [9.17, 15) is 4.79 Å². The average Bonchev–Trinajstić information content (AvgIpc) is 2.74.